The highest BCUT2D eigenvalue weighted by Gasteiger charge is 2.38. The molecule has 0 saturated carbocycles. The van der Waals surface area contributed by atoms with E-state index in [1.807, 2.05) is 0 Å². The minimum absolute atomic E-state index is 0.970. The molecule has 4 heteroatoms. The molecule has 0 amide bonds. The Balaban J connectivity index is 2.27. The van der Waals surface area contributed by atoms with Crippen LogP contribution in [0.3, 0.4) is 0 Å². The van der Waals surface area contributed by atoms with E-state index in [0.717, 1.165) is 0 Å². The lowest BCUT2D eigenvalue weighted by Crippen LogP contribution is -1.88. The summed E-state index contributed by atoms with van der Waals surface area (Å²) in [7, 11) is 0. The molecule has 0 spiro atoms. The molecule has 0 atom stereocenters. The molecule has 2 fully saturated rings. The monoisotopic (exact) mass is 238 g/mol. The van der Waals surface area contributed by atoms with Crippen molar-refractivity contribution >= 4 is 35.1 Å². The fourth-order valence-electron chi connectivity index (χ4n) is 2.39. The summed E-state index contributed by atoms with van der Waals surface area (Å²) in [5, 5.41) is 0. The van der Waals surface area contributed by atoms with Gasteiger partial charge in [0.15, 0.2) is 0 Å². The molecule has 0 unspecified atom stereocenters. The lowest BCUT2D eigenvalue weighted by atomic mass is 10.4. The Morgan fingerprint density at radius 3 is 1.08 bits per heavy atom. The van der Waals surface area contributed by atoms with Crippen LogP contribution in [0.2, 0.25) is 0 Å². The van der Waals surface area contributed by atoms with Crippen LogP contribution in [0, 0.1) is 0 Å². The summed E-state index contributed by atoms with van der Waals surface area (Å²) in [6.45, 7) is 0. The predicted molar refractivity (Wildman–Crippen MR) is 66.5 cm³/mol. The van der Waals surface area contributed by atoms with Gasteiger partial charge in [0.05, 0.1) is 0 Å². The van der Waals surface area contributed by atoms with E-state index in [2.05, 4.69) is 0 Å². The van der Waals surface area contributed by atoms with Gasteiger partial charge in [-0.15, -0.1) is 0 Å². The molecular weight excluding hydrogens is 222 g/mol. The number of hydrogen-bond acceptors (Lipinski definition) is 2. The molecular formula is C8H16P2S2. The Labute approximate surface area is 85.4 Å². The van der Waals surface area contributed by atoms with Crippen LogP contribution in [0.25, 0.3) is 0 Å². The topological polar surface area (TPSA) is 0 Å². The van der Waals surface area contributed by atoms with E-state index >= 15 is 0 Å². The van der Waals surface area contributed by atoms with Crippen LogP contribution in [-0.4, -0.2) is 24.6 Å². The number of rotatable bonds is 1. The first kappa shape index (κ1) is 9.84. The molecule has 2 rings (SSSR count). The van der Waals surface area contributed by atoms with Crippen molar-refractivity contribution in [3.05, 3.63) is 0 Å². The van der Waals surface area contributed by atoms with Crippen molar-refractivity contribution in [2.75, 3.05) is 24.6 Å². The smallest absolute Gasteiger partial charge is 0.0129 e. The van der Waals surface area contributed by atoms with Gasteiger partial charge in [-0.2, -0.15) is 0 Å². The molecule has 0 aromatic heterocycles. The highest BCUT2D eigenvalue weighted by molar-refractivity contribution is 8.66. The predicted octanol–water partition coefficient (Wildman–Crippen LogP) is 3.45. The molecule has 2 heterocycles. The van der Waals surface area contributed by atoms with Crippen LogP contribution in [0.4, 0.5) is 0 Å². The van der Waals surface area contributed by atoms with Gasteiger partial charge in [-0.1, -0.05) is 23.6 Å². The Hall–Kier alpha value is 1.30. The Bertz CT molecular complexity index is 224. The van der Waals surface area contributed by atoms with Gasteiger partial charge in [-0.3, -0.25) is 0 Å². The average Bonchev–Trinajstić information content (AvgIpc) is 2.60. The zero-order valence-electron chi connectivity index (χ0n) is 7.37. The van der Waals surface area contributed by atoms with Crippen LogP contribution in [-0.2, 0) is 23.6 Å². The molecule has 0 radical (unpaired) electrons. The van der Waals surface area contributed by atoms with Crippen molar-refractivity contribution < 1.29 is 0 Å². The molecule has 0 N–H and O–H groups in total. The Morgan fingerprint density at radius 1 is 0.583 bits per heavy atom. The molecule has 2 aliphatic rings. The standard InChI is InChI=1S/C8H16P2S2/c11-9(5-1-2-6-9)10(12)7-3-4-8-10/h1-8H2. The minimum Gasteiger partial charge on any atom is -0.0919 e. The lowest BCUT2D eigenvalue weighted by molar-refractivity contribution is 0.949. The van der Waals surface area contributed by atoms with Crippen LogP contribution in [0.5, 0.6) is 0 Å². The second-order valence-electron chi connectivity index (χ2n) is 4.00. The summed E-state index contributed by atoms with van der Waals surface area (Å²) in [6, 6.07) is 0. The van der Waals surface area contributed by atoms with Gasteiger partial charge < -0.3 is 0 Å². The van der Waals surface area contributed by atoms with Crippen LogP contribution < -0.4 is 0 Å². The fraction of sp³-hybridized carbons (Fsp3) is 1.00. The zero-order chi connectivity index (χ0) is 8.66. The third-order valence-electron chi connectivity index (χ3n) is 3.19. The normalized spacial score (nSPS) is 32.3. The molecule has 0 bridgehead atoms. The molecule has 0 aromatic rings. The van der Waals surface area contributed by atoms with Gasteiger partial charge in [0, 0.05) is 0 Å². The lowest BCUT2D eigenvalue weighted by Gasteiger charge is -2.27. The molecule has 0 aromatic carbocycles. The summed E-state index contributed by atoms with van der Waals surface area (Å²) in [4.78, 5) is 0. The quantitative estimate of drug-likeness (QED) is 0.642. The maximum Gasteiger partial charge on any atom is -0.0129 e. The van der Waals surface area contributed by atoms with E-state index in [9.17, 15) is 0 Å². The van der Waals surface area contributed by atoms with E-state index < -0.39 is 11.5 Å². The van der Waals surface area contributed by atoms with E-state index in [1.54, 1.807) is 0 Å². The van der Waals surface area contributed by atoms with Crippen LogP contribution >= 0.6 is 11.5 Å². The Morgan fingerprint density at radius 2 is 0.833 bits per heavy atom. The number of hydrogen-bond donors (Lipinski definition) is 0. The summed E-state index contributed by atoms with van der Waals surface area (Å²) < 4.78 is 0. The van der Waals surface area contributed by atoms with Gasteiger partial charge in [-0.05, 0) is 61.8 Å². The van der Waals surface area contributed by atoms with E-state index in [-0.39, 0.29) is 0 Å². The van der Waals surface area contributed by atoms with Gasteiger partial charge in [0.1, 0.15) is 0 Å². The third-order valence-corrected chi connectivity index (χ3v) is 23.7. The molecule has 0 aliphatic carbocycles. The molecule has 0 nitrogen and oxygen atoms in total. The van der Waals surface area contributed by atoms with Crippen LogP contribution in [0.15, 0.2) is 0 Å². The minimum atomic E-state index is -0.970. The van der Waals surface area contributed by atoms with Crippen molar-refractivity contribution in [3.8, 4) is 0 Å². The van der Waals surface area contributed by atoms with Gasteiger partial charge in [0.25, 0.3) is 0 Å². The summed E-state index contributed by atoms with van der Waals surface area (Å²) in [5.74, 6) is 0. The van der Waals surface area contributed by atoms with Crippen molar-refractivity contribution in [1.82, 2.24) is 0 Å². The van der Waals surface area contributed by atoms with Crippen molar-refractivity contribution in [1.29, 1.82) is 0 Å². The van der Waals surface area contributed by atoms with E-state index in [1.165, 1.54) is 50.3 Å². The first-order valence-electron chi connectivity index (χ1n) is 4.83. The molecule has 2 aliphatic heterocycles. The van der Waals surface area contributed by atoms with Crippen LogP contribution in [0.1, 0.15) is 25.7 Å². The molecule has 12 heavy (non-hydrogen) atoms. The zero-order valence-corrected chi connectivity index (χ0v) is 10.8. The van der Waals surface area contributed by atoms with Crippen molar-refractivity contribution in [3.63, 3.8) is 0 Å². The van der Waals surface area contributed by atoms with Crippen molar-refractivity contribution in [2.45, 2.75) is 25.7 Å². The van der Waals surface area contributed by atoms with Gasteiger partial charge in [-0.25, -0.2) is 0 Å². The highest BCUT2D eigenvalue weighted by Crippen LogP contribution is 2.85. The molecule has 2 saturated heterocycles. The average molecular weight is 238 g/mol. The maximum absolute atomic E-state index is 5.90. The summed E-state index contributed by atoms with van der Waals surface area (Å²) >= 11 is 11.8. The Kier molecular flexibility index (Phi) is 2.84. The summed E-state index contributed by atoms with van der Waals surface area (Å²) in [5.41, 5.74) is -1.94. The SMILES string of the molecule is S=P1(P2(=S)CCCC2)CCCC1. The first-order valence-corrected chi connectivity index (χ1v) is 11.9. The summed E-state index contributed by atoms with van der Waals surface area (Å²) in [6.07, 6.45) is 11.1. The highest BCUT2D eigenvalue weighted by atomic mass is 32.8. The second-order valence-corrected chi connectivity index (χ2v) is 19.6. The van der Waals surface area contributed by atoms with E-state index in [4.69, 9.17) is 23.6 Å². The first-order chi connectivity index (χ1) is 5.66. The molecule has 70 valence electrons. The fourth-order valence-corrected chi connectivity index (χ4v) is 17.7. The third kappa shape index (κ3) is 1.50. The maximum atomic E-state index is 5.90. The van der Waals surface area contributed by atoms with Gasteiger partial charge >= 0.3 is 0 Å². The largest absolute Gasteiger partial charge is 0.0919 e. The van der Waals surface area contributed by atoms with Crippen molar-refractivity contribution in [2.24, 2.45) is 0 Å². The van der Waals surface area contributed by atoms with Gasteiger partial charge in [0.2, 0.25) is 0 Å². The second kappa shape index (κ2) is 3.46. The van der Waals surface area contributed by atoms with E-state index in [0.29, 0.717) is 0 Å².